The van der Waals surface area contributed by atoms with E-state index in [2.05, 4.69) is 9.71 Å². The molecule has 0 bridgehead atoms. The van der Waals surface area contributed by atoms with E-state index >= 15 is 0 Å². The van der Waals surface area contributed by atoms with Crippen molar-refractivity contribution in [2.75, 3.05) is 17.9 Å². The Kier molecular flexibility index (Phi) is 6.43. The largest absolute Gasteiger partial charge is 0.490 e. The second kappa shape index (κ2) is 8.54. The van der Waals surface area contributed by atoms with E-state index in [-0.39, 0.29) is 10.7 Å². The van der Waals surface area contributed by atoms with Gasteiger partial charge in [-0.25, -0.2) is 13.4 Å². The molecule has 6 nitrogen and oxygen atoms in total. The molecule has 2 rings (SSSR count). The van der Waals surface area contributed by atoms with Crippen molar-refractivity contribution in [1.82, 2.24) is 4.98 Å². The summed E-state index contributed by atoms with van der Waals surface area (Å²) < 4.78 is 38.7. The van der Waals surface area contributed by atoms with Gasteiger partial charge in [0.25, 0.3) is 10.0 Å². The molecule has 0 fully saturated rings. The second-order valence-electron chi connectivity index (χ2n) is 5.13. The van der Waals surface area contributed by atoms with E-state index in [9.17, 15) is 8.42 Å². The van der Waals surface area contributed by atoms with Gasteiger partial charge in [-0.2, -0.15) is 0 Å². The summed E-state index contributed by atoms with van der Waals surface area (Å²) in [6, 6.07) is 9.61. The lowest BCUT2D eigenvalue weighted by atomic mass is 10.3. The first-order chi connectivity index (χ1) is 11.6. The van der Waals surface area contributed by atoms with Gasteiger partial charge in [0.05, 0.1) is 18.1 Å². The number of pyridine rings is 1. The number of rotatable bonds is 9. The summed E-state index contributed by atoms with van der Waals surface area (Å²) in [5.41, 5.74) is 0. The Balaban J connectivity index is 2.28. The van der Waals surface area contributed by atoms with E-state index in [1.807, 2.05) is 13.8 Å². The third-order valence-corrected chi connectivity index (χ3v) is 4.41. The Hall–Kier alpha value is -2.28. The SMILES string of the molecule is CCCOc1ccc(S(=O)(=O)Nc2ccccn2)cc1OCCC. The van der Waals surface area contributed by atoms with Gasteiger partial charge < -0.3 is 9.47 Å². The van der Waals surface area contributed by atoms with E-state index in [0.29, 0.717) is 24.7 Å². The quantitative estimate of drug-likeness (QED) is 0.749. The molecule has 0 saturated carbocycles. The average molecular weight is 350 g/mol. The molecule has 0 atom stereocenters. The van der Waals surface area contributed by atoms with Gasteiger partial charge in [0.2, 0.25) is 0 Å². The summed E-state index contributed by atoms with van der Waals surface area (Å²) in [5, 5.41) is 0. The highest BCUT2D eigenvalue weighted by molar-refractivity contribution is 7.92. The molecule has 7 heteroatoms. The van der Waals surface area contributed by atoms with E-state index in [4.69, 9.17) is 9.47 Å². The van der Waals surface area contributed by atoms with Crippen molar-refractivity contribution in [3.8, 4) is 11.5 Å². The Labute approximate surface area is 142 Å². The number of nitrogens with zero attached hydrogens (tertiary/aromatic N) is 1. The molecule has 130 valence electrons. The molecular weight excluding hydrogens is 328 g/mol. The maximum Gasteiger partial charge on any atom is 0.263 e. The lowest BCUT2D eigenvalue weighted by Crippen LogP contribution is -2.14. The predicted molar refractivity (Wildman–Crippen MR) is 93.1 cm³/mol. The van der Waals surface area contributed by atoms with Crippen LogP contribution < -0.4 is 14.2 Å². The lowest BCUT2D eigenvalue weighted by Gasteiger charge is -2.14. The van der Waals surface area contributed by atoms with Gasteiger partial charge >= 0.3 is 0 Å². The van der Waals surface area contributed by atoms with Gasteiger partial charge in [0.15, 0.2) is 11.5 Å². The van der Waals surface area contributed by atoms with Gasteiger partial charge in [-0.05, 0) is 37.1 Å². The maximum absolute atomic E-state index is 12.5. The normalized spacial score (nSPS) is 11.1. The number of hydrogen-bond donors (Lipinski definition) is 1. The smallest absolute Gasteiger partial charge is 0.263 e. The van der Waals surface area contributed by atoms with Crippen LogP contribution in [0.3, 0.4) is 0 Å². The third kappa shape index (κ3) is 4.86. The van der Waals surface area contributed by atoms with E-state index < -0.39 is 10.0 Å². The molecule has 1 aromatic heterocycles. The van der Waals surface area contributed by atoms with Crippen molar-refractivity contribution >= 4 is 15.8 Å². The predicted octanol–water partition coefficient (Wildman–Crippen LogP) is 3.46. The van der Waals surface area contributed by atoms with Crippen molar-refractivity contribution in [2.45, 2.75) is 31.6 Å². The summed E-state index contributed by atoms with van der Waals surface area (Å²) in [7, 11) is -3.75. The molecule has 24 heavy (non-hydrogen) atoms. The fourth-order valence-electron chi connectivity index (χ4n) is 1.93. The molecule has 0 amide bonds. The number of benzene rings is 1. The molecule has 0 aliphatic heterocycles. The molecule has 0 unspecified atom stereocenters. The minimum absolute atomic E-state index is 0.100. The zero-order chi connectivity index (χ0) is 17.4. The average Bonchev–Trinajstić information content (AvgIpc) is 2.59. The van der Waals surface area contributed by atoms with Crippen LogP contribution in [0.4, 0.5) is 5.82 Å². The molecule has 0 spiro atoms. The minimum Gasteiger partial charge on any atom is -0.490 e. The van der Waals surface area contributed by atoms with Crippen LogP contribution in [0.15, 0.2) is 47.5 Å². The number of sulfonamides is 1. The summed E-state index contributed by atoms with van der Waals surface area (Å²) in [5.74, 6) is 1.23. The minimum atomic E-state index is -3.75. The topological polar surface area (TPSA) is 77.5 Å². The van der Waals surface area contributed by atoms with E-state index in [1.54, 1.807) is 24.3 Å². The van der Waals surface area contributed by atoms with Gasteiger partial charge in [-0.15, -0.1) is 0 Å². The van der Waals surface area contributed by atoms with E-state index in [0.717, 1.165) is 12.8 Å². The summed E-state index contributed by atoms with van der Waals surface area (Å²) in [6.07, 6.45) is 3.19. The summed E-state index contributed by atoms with van der Waals surface area (Å²) in [4.78, 5) is 4.07. The van der Waals surface area contributed by atoms with Crippen molar-refractivity contribution in [3.05, 3.63) is 42.6 Å². The van der Waals surface area contributed by atoms with Crippen LogP contribution in [-0.4, -0.2) is 26.6 Å². The Bertz CT molecular complexity index is 748. The van der Waals surface area contributed by atoms with E-state index in [1.165, 1.54) is 18.3 Å². The molecule has 0 aliphatic rings. The first kappa shape index (κ1) is 18.1. The molecule has 0 saturated heterocycles. The number of hydrogen-bond acceptors (Lipinski definition) is 5. The highest BCUT2D eigenvalue weighted by Gasteiger charge is 2.18. The highest BCUT2D eigenvalue weighted by atomic mass is 32.2. The van der Waals surface area contributed by atoms with Crippen molar-refractivity contribution in [2.24, 2.45) is 0 Å². The number of aromatic nitrogens is 1. The first-order valence-corrected chi connectivity index (χ1v) is 9.38. The summed E-state index contributed by atoms with van der Waals surface area (Å²) >= 11 is 0. The third-order valence-electron chi connectivity index (χ3n) is 3.05. The molecular formula is C17H22N2O4S. The van der Waals surface area contributed by atoms with Gasteiger partial charge in [0.1, 0.15) is 5.82 Å². The molecule has 2 aromatic rings. The van der Waals surface area contributed by atoms with Crippen LogP contribution in [0.25, 0.3) is 0 Å². The Morgan fingerprint density at radius 3 is 2.33 bits per heavy atom. The molecule has 1 aromatic carbocycles. The standard InChI is InChI=1S/C17H22N2O4S/c1-3-11-22-15-9-8-14(13-16(15)23-12-4-2)24(20,21)19-17-7-5-6-10-18-17/h5-10,13H,3-4,11-12H2,1-2H3,(H,18,19). The van der Waals surface area contributed by atoms with Crippen molar-refractivity contribution in [3.63, 3.8) is 0 Å². The number of ether oxygens (including phenoxy) is 2. The molecule has 1 N–H and O–H groups in total. The molecule has 1 heterocycles. The van der Waals surface area contributed by atoms with Gasteiger partial charge in [-0.3, -0.25) is 4.72 Å². The monoisotopic (exact) mass is 350 g/mol. The van der Waals surface area contributed by atoms with Crippen LogP contribution >= 0.6 is 0 Å². The Morgan fingerprint density at radius 2 is 1.71 bits per heavy atom. The van der Waals surface area contributed by atoms with Crippen molar-refractivity contribution in [1.29, 1.82) is 0 Å². The fraction of sp³-hybridized carbons (Fsp3) is 0.353. The summed E-state index contributed by atoms with van der Waals surface area (Å²) in [6.45, 7) is 5.01. The van der Waals surface area contributed by atoms with Gasteiger partial charge in [-0.1, -0.05) is 19.9 Å². The van der Waals surface area contributed by atoms with Crippen LogP contribution in [-0.2, 0) is 10.0 Å². The lowest BCUT2D eigenvalue weighted by molar-refractivity contribution is 0.267. The van der Waals surface area contributed by atoms with Crippen molar-refractivity contribution < 1.29 is 17.9 Å². The van der Waals surface area contributed by atoms with Crippen LogP contribution in [0.1, 0.15) is 26.7 Å². The second-order valence-corrected chi connectivity index (χ2v) is 6.81. The zero-order valence-corrected chi connectivity index (χ0v) is 14.7. The first-order valence-electron chi connectivity index (χ1n) is 7.90. The molecule has 0 radical (unpaired) electrons. The fourth-order valence-corrected chi connectivity index (χ4v) is 2.95. The van der Waals surface area contributed by atoms with Crippen LogP contribution in [0, 0.1) is 0 Å². The van der Waals surface area contributed by atoms with Crippen LogP contribution in [0.2, 0.25) is 0 Å². The van der Waals surface area contributed by atoms with Gasteiger partial charge in [0, 0.05) is 12.3 Å². The number of nitrogens with one attached hydrogen (secondary N) is 1. The Morgan fingerprint density at radius 1 is 1.00 bits per heavy atom. The maximum atomic E-state index is 12.5. The zero-order valence-electron chi connectivity index (χ0n) is 13.9. The molecule has 0 aliphatic carbocycles. The highest BCUT2D eigenvalue weighted by Crippen LogP contribution is 2.31. The van der Waals surface area contributed by atoms with Crippen LogP contribution in [0.5, 0.6) is 11.5 Å². The number of anilines is 1.